The molecule has 0 aliphatic rings. The number of aryl methyl sites for hydroxylation is 2. The molecule has 0 unspecified atom stereocenters. The van der Waals surface area contributed by atoms with Gasteiger partial charge in [0.1, 0.15) is 5.82 Å². The predicted octanol–water partition coefficient (Wildman–Crippen LogP) is 3.57. The van der Waals surface area contributed by atoms with Crippen LogP contribution in [-0.4, -0.2) is 0 Å². The largest absolute Gasteiger partial charge is 0.326 e. The minimum absolute atomic E-state index is 0.197. The zero-order chi connectivity index (χ0) is 12.4. The van der Waals surface area contributed by atoms with Crippen molar-refractivity contribution in [3.63, 3.8) is 0 Å². The monoisotopic (exact) mass is 229 g/mol. The fourth-order valence-electron chi connectivity index (χ4n) is 2.00. The van der Waals surface area contributed by atoms with Gasteiger partial charge >= 0.3 is 0 Å². The SMILES string of the molecule is Cc1cc(F)cc(-c2cc(CN)ccc2C)c1. The van der Waals surface area contributed by atoms with Crippen molar-refractivity contribution in [1.29, 1.82) is 0 Å². The number of benzene rings is 2. The van der Waals surface area contributed by atoms with E-state index in [2.05, 4.69) is 0 Å². The summed E-state index contributed by atoms with van der Waals surface area (Å²) < 4.78 is 13.4. The van der Waals surface area contributed by atoms with Gasteiger partial charge in [0, 0.05) is 6.54 Å². The van der Waals surface area contributed by atoms with Crippen molar-refractivity contribution in [2.24, 2.45) is 5.73 Å². The predicted molar refractivity (Wildman–Crippen MR) is 69.2 cm³/mol. The highest BCUT2D eigenvalue weighted by molar-refractivity contribution is 5.68. The van der Waals surface area contributed by atoms with Crippen LogP contribution in [0.15, 0.2) is 36.4 Å². The molecular formula is C15H16FN. The molecule has 88 valence electrons. The van der Waals surface area contributed by atoms with Crippen LogP contribution in [0, 0.1) is 19.7 Å². The third kappa shape index (κ3) is 2.53. The Bertz CT molecular complexity index is 526. The van der Waals surface area contributed by atoms with Crippen molar-refractivity contribution < 1.29 is 4.39 Å². The summed E-state index contributed by atoms with van der Waals surface area (Å²) in [7, 11) is 0. The number of hydrogen-bond acceptors (Lipinski definition) is 1. The Balaban J connectivity index is 2.58. The van der Waals surface area contributed by atoms with Crippen molar-refractivity contribution in [1.82, 2.24) is 0 Å². The summed E-state index contributed by atoms with van der Waals surface area (Å²) in [6.45, 7) is 4.42. The maximum atomic E-state index is 13.4. The summed E-state index contributed by atoms with van der Waals surface area (Å²) in [5, 5.41) is 0. The minimum atomic E-state index is -0.197. The quantitative estimate of drug-likeness (QED) is 0.837. The first-order valence-corrected chi connectivity index (χ1v) is 5.67. The molecule has 2 N–H and O–H groups in total. The van der Waals surface area contributed by atoms with Crippen LogP contribution >= 0.6 is 0 Å². The second kappa shape index (κ2) is 4.68. The molecule has 0 aliphatic heterocycles. The molecule has 0 saturated carbocycles. The number of hydrogen-bond donors (Lipinski definition) is 1. The van der Waals surface area contributed by atoms with Gasteiger partial charge in [-0.15, -0.1) is 0 Å². The summed E-state index contributed by atoms with van der Waals surface area (Å²) in [5.74, 6) is -0.197. The standard InChI is InChI=1S/C15H16FN/c1-10-5-13(8-14(16)6-10)15-7-12(9-17)4-3-11(15)2/h3-8H,9,17H2,1-2H3. The van der Waals surface area contributed by atoms with Crippen molar-refractivity contribution in [2.75, 3.05) is 0 Å². The summed E-state index contributed by atoms with van der Waals surface area (Å²) >= 11 is 0. The van der Waals surface area contributed by atoms with Gasteiger partial charge < -0.3 is 5.73 Å². The van der Waals surface area contributed by atoms with E-state index in [1.807, 2.05) is 38.1 Å². The molecule has 0 bridgehead atoms. The smallest absolute Gasteiger partial charge is 0.124 e. The van der Waals surface area contributed by atoms with E-state index >= 15 is 0 Å². The minimum Gasteiger partial charge on any atom is -0.326 e. The second-order valence-electron chi connectivity index (χ2n) is 4.37. The first-order chi connectivity index (χ1) is 8.10. The topological polar surface area (TPSA) is 26.0 Å². The highest BCUT2D eigenvalue weighted by Crippen LogP contribution is 2.26. The molecule has 2 aromatic carbocycles. The molecule has 0 amide bonds. The van der Waals surface area contributed by atoms with E-state index in [1.165, 1.54) is 6.07 Å². The molecule has 2 heteroatoms. The van der Waals surface area contributed by atoms with Crippen LogP contribution in [0.2, 0.25) is 0 Å². The number of halogens is 1. The van der Waals surface area contributed by atoms with Gasteiger partial charge in [-0.25, -0.2) is 4.39 Å². The van der Waals surface area contributed by atoms with Crippen molar-refractivity contribution in [3.05, 3.63) is 58.9 Å². The lowest BCUT2D eigenvalue weighted by Crippen LogP contribution is -1.97. The molecule has 0 spiro atoms. The summed E-state index contributed by atoms with van der Waals surface area (Å²) in [4.78, 5) is 0. The van der Waals surface area contributed by atoms with E-state index < -0.39 is 0 Å². The molecular weight excluding hydrogens is 213 g/mol. The molecule has 0 aromatic heterocycles. The normalized spacial score (nSPS) is 10.6. The lowest BCUT2D eigenvalue weighted by atomic mass is 9.97. The van der Waals surface area contributed by atoms with Gasteiger partial charge in [-0.2, -0.15) is 0 Å². The third-order valence-corrected chi connectivity index (χ3v) is 2.89. The van der Waals surface area contributed by atoms with Crippen LogP contribution < -0.4 is 5.73 Å². The second-order valence-corrected chi connectivity index (χ2v) is 4.37. The van der Waals surface area contributed by atoms with E-state index in [9.17, 15) is 4.39 Å². The van der Waals surface area contributed by atoms with Gasteiger partial charge in [-0.05, 0) is 59.9 Å². The van der Waals surface area contributed by atoms with Crippen molar-refractivity contribution in [2.45, 2.75) is 20.4 Å². The molecule has 2 rings (SSSR count). The van der Waals surface area contributed by atoms with Crippen LogP contribution in [0.3, 0.4) is 0 Å². The molecule has 2 aromatic rings. The zero-order valence-corrected chi connectivity index (χ0v) is 10.1. The highest BCUT2D eigenvalue weighted by atomic mass is 19.1. The third-order valence-electron chi connectivity index (χ3n) is 2.89. The summed E-state index contributed by atoms with van der Waals surface area (Å²) in [6, 6.07) is 11.2. The van der Waals surface area contributed by atoms with Gasteiger partial charge in [0.05, 0.1) is 0 Å². The number of rotatable bonds is 2. The fraction of sp³-hybridized carbons (Fsp3) is 0.200. The van der Waals surface area contributed by atoms with E-state index in [-0.39, 0.29) is 5.82 Å². The summed E-state index contributed by atoms with van der Waals surface area (Å²) in [5.41, 5.74) is 10.7. The molecule has 17 heavy (non-hydrogen) atoms. The van der Waals surface area contributed by atoms with Crippen LogP contribution in [0.5, 0.6) is 0 Å². The van der Waals surface area contributed by atoms with Crippen molar-refractivity contribution >= 4 is 0 Å². The van der Waals surface area contributed by atoms with Crippen LogP contribution in [-0.2, 0) is 6.54 Å². The van der Waals surface area contributed by atoms with Gasteiger partial charge in [0.2, 0.25) is 0 Å². The van der Waals surface area contributed by atoms with Crippen molar-refractivity contribution in [3.8, 4) is 11.1 Å². The summed E-state index contributed by atoms with van der Waals surface area (Å²) in [6.07, 6.45) is 0. The van der Waals surface area contributed by atoms with E-state index in [0.29, 0.717) is 6.54 Å². The van der Waals surface area contributed by atoms with Crippen LogP contribution in [0.1, 0.15) is 16.7 Å². The lowest BCUT2D eigenvalue weighted by Gasteiger charge is -2.09. The number of nitrogens with two attached hydrogens (primary N) is 1. The fourth-order valence-corrected chi connectivity index (χ4v) is 2.00. The van der Waals surface area contributed by atoms with E-state index in [0.717, 1.165) is 27.8 Å². The molecule has 0 heterocycles. The highest BCUT2D eigenvalue weighted by Gasteiger charge is 2.05. The van der Waals surface area contributed by atoms with E-state index in [1.54, 1.807) is 6.07 Å². The van der Waals surface area contributed by atoms with Gasteiger partial charge in [0.25, 0.3) is 0 Å². The Morgan fingerprint density at radius 3 is 2.47 bits per heavy atom. The van der Waals surface area contributed by atoms with Gasteiger partial charge in [-0.1, -0.05) is 18.2 Å². The first-order valence-electron chi connectivity index (χ1n) is 5.67. The Morgan fingerprint density at radius 1 is 1.06 bits per heavy atom. The molecule has 1 nitrogen and oxygen atoms in total. The van der Waals surface area contributed by atoms with Gasteiger partial charge in [0.15, 0.2) is 0 Å². The zero-order valence-electron chi connectivity index (χ0n) is 10.1. The van der Waals surface area contributed by atoms with E-state index in [4.69, 9.17) is 5.73 Å². The average Bonchev–Trinajstić information content (AvgIpc) is 2.28. The molecule has 0 fully saturated rings. The first kappa shape index (κ1) is 11.8. The molecule has 0 atom stereocenters. The molecule has 0 radical (unpaired) electrons. The Labute approximate surface area is 101 Å². The molecule has 0 aliphatic carbocycles. The van der Waals surface area contributed by atoms with Crippen LogP contribution in [0.25, 0.3) is 11.1 Å². The maximum Gasteiger partial charge on any atom is 0.124 e. The molecule has 0 saturated heterocycles. The Kier molecular flexibility index (Phi) is 3.25. The van der Waals surface area contributed by atoms with Gasteiger partial charge in [-0.3, -0.25) is 0 Å². The lowest BCUT2D eigenvalue weighted by molar-refractivity contribution is 0.627. The maximum absolute atomic E-state index is 13.4. The Morgan fingerprint density at radius 2 is 1.82 bits per heavy atom. The average molecular weight is 229 g/mol. The van der Waals surface area contributed by atoms with Crippen LogP contribution in [0.4, 0.5) is 4.39 Å². The Hall–Kier alpha value is -1.67.